The van der Waals surface area contributed by atoms with Crippen molar-refractivity contribution in [2.45, 2.75) is 11.8 Å². The normalized spacial score (nSPS) is 11.4. The molecule has 0 amide bonds. The molecule has 3 aromatic carbocycles. The highest BCUT2D eigenvalue weighted by Gasteiger charge is 2.21. The third-order valence-corrected chi connectivity index (χ3v) is 5.35. The SMILES string of the molecule is CCOc1ccccc1S(=O)(=O)Nc1cc(Cl)c(O)c2ccccc12. The van der Waals surface area contributed by atoms with Crippen LogP contribution in [0.4, 0.5) is 5.69 Å². The predicted octanol–water partition coefficient (Wildman–Crippen LogP) is 4.40. The van der Waals surface area contributed by atoms with E-state index < -0.39 is 10.0 Å². The number of anilines is 1. The fourth-order valence-electron chi connectivity index (χ4n) is 2.56. The van der Waals surface area contributed by atoms with Gasteiger partial charge in [0.1, 0.15) is 16.4 Å². The second kappa shape index (κ2) is 6.82. The van der Waals surface area contributed by atoms with E-state index >= 15 is 0 Å². The third-order valence-electron chi connectivity index (χ3n) is 3.65. The molecule has 0 aliphatic rings. The maximum absolute atomic E-state index is 12.8. The van der Waals surface area contributed by atoms with E-state index in [0.717, 1.165) is 0 Å². The Morgan fingerprint density at radius 1 is 1.08 bits per heavy atom. The van der Waals surface area contributed by atoms with E-state index in [9.17, 15) is 13.5 Å². The van der Waals surface area contributed by atoms with E-state index in [1.165, 1.54) is 12.1 Å². The van der Waals surface area contributed by atoms with Gasteiger partial charge in [-0.15, -0.1) is 0 Å². The molecule has 0 fully saturated rings. The number of rotatable bonds is 5. The molecule has 5 nitrogen and oxygen atoms in total. The number of halogens is 1. The molecule has 0 heterocycles. The molecule has 0 aliphatic carbocycles. The number of ether oxygens (including phenoxy) is 1. The van der Waals surface area contributed by atoms with E-state index in [1.807, 2.05) is 0 Å². The zero-order valence-electron chi connectivity index (χ0n) is 13.4. The Morgan fingerprint density at radius 3 is 2.44 bits per heavy atom. The van der Waals surface area contributed by atoms with Crippen LogP contribution < -0.4 is 9.46 Å². The lowest BCUT2D eigenvalue weighted by Gasteiger charge is -2.15. The standard InChI is InChI=1S/C18H16ClNO4S/c1-2-24-16-9-5-6-10-17(16)25(22,23)20-15-11-14(19)18(21)13-8-4-3-7-12(13)15/h3-11,20-21H,2H2,1H3. The minimum atomic E-state index is -3.90. The fourth-order valence-corrected chi connectivity index (χ4v) is 3.99. The van der Waals surface area contributed by atoms with Gasteiger partial charge in [0.15, 0.2) is 0 Å². The predicted molar refractivity (Wildman–Crippen MR) is 99.0 cm³/mol. The molecule has 0 saturated carbocycles. The number of phenolic OH excluding ortho intramolecular Hbond substituents is 1. The maximum Gasteiger partial charge on any atom is 0.265 e. The summed E-state index contributed by atoms with van der Waals surface area (Å²) in [5.74, 6) is 0.182. The fraction of sp³-hybridized carbons (Fsp3) is 0.111. The highest BCUT2D eigenvalue weighted by atomic mass is 35.5. The number of fused-ring (bicyclic) bond motifs is 1. The van der Waals surface area contributed by atoms with Crippen molar-refractivity contribution in [1.29, 1.82) is 0 Å². The molecular formula is C18H16ClNO4S. The molecular weight excluding hydrogens is 362 g/mol. The molecule has 0 saturated heterocycles. The molecule has 3 aromatic rings. The van der Waals surface area contributed by atoms with Gasteiger partial charge in [-0.2, -0.15) is 0 Å². The lowest BCUT2D eigenvalue weighted by molar-refractivity contribution is 0.331. The highest BCUT2D eigenvalue weighted by molar-refractivity contribution is 7.92. The number of hydrogen-bond donors (Lipinski definition) is 2. The van der Waals surface area contributed by atoms with Gasteiger partial charge in [0.25, 0.3) is 10.0 Å². The first-order valence-electron chi connectivity index (χ1n) is 7.59. The smallest absolute Gasteiger partial charge is 0.265 e. The Kier molecular flexibility index (Phi) is 4.74. The highest BCUT2D eigenvalue weighted by Crippen LogP contribution is 2.38. The molecule has 3 rings (SSSR count). The summed E-state index contributed by atoms with van der Waals surface area (Å²) in [6.45, 7) is 2.13. The van der Waals surface area contributed by atoms with Crippen LogP contribution >= 0.6 is 11.6 Å². The van der Waals surface area contributed by atoms with E-state index in [0.29, 0.717) is 17.4 Å². The van der Waals surface area contributed by atoms with Crippen LogP contribution in [0.15, 0.2) is 59.5 Å². The van der Waals surface area contributed by atoms with Gasteiger partial charge in [-0.1, -0.05) is 48.0 Å². The summed E-state index contributed by atoms with van der Waals surface area (Å²) in [6.07, 6.45) is 0. The Morgan fingerprint density at radius 2 is 1.72 bits per heavy atom. The Bertz CT molecular complexity index is 1030. The molecule has 0 spiro atoms. The van der Waals surface area contributed by atoms with Crippen LogP contribution in [0.25, 0.3) is 10.8 Å². The topological polar surface area (TPSA) is 75.6 Å². The number of benzene rings is 3. The first kappa shape index (κ1) is 17.4. The molecule has 7 heteroatoms. The van der Waals surface area contributed by atoms with Crippen molar-refractivity contribution in [3.05, 3.63) is 59.6 Å². The molecule has 0 aliphatic heterocycles. The lowest BCUT2D eigenvalue weighted by Crippen LogP contribution is -2.14. The number of phenols is 1. The number of nitrogens with one attached hydrogen (secondary N) is 1. The summed E-state index contributed by atoms with van der Waals surface area (Å²) in [4.78, 5) is 0.0325. The third kappa shape index (κ3) is 3.36. The van der Waals surface area contributed by atoms with Gasteiger partial charge >= 0.3 is 0 Å². The Balaban J connectivity index is 2.11. The summed E-state index contributed by atoms with van der Waals surface area (Å²) in [5, 5.41) is 11.2. The Labute approximate surface area is 150 Å². The van der Waals surface area contributed by atoms with Crippen LogP contribution in [0.5, 0.6) is 11.5 Å². The summed E-state index contributed by atoms with van der Waals surface area (Å²) >= 11 is 6.04. The van der Waals surface area contributed by atoms with Gasteiger partial charge in [0.2, 0.25) is 0 Å². The molecule has 0 unspecified atom stereocenters. The first-order valence-corrected chi connectivity index (χ1v) is 9.45. The summed E-state index contributed by atoms with van der Waals surface area (Å²) in [7, 11) is -3.90. The largest absolute Gasteiger partial charge is 0.506 e. The van der Waals surface area contributed by atoms with E-state index in [-0.39, 0.29) is 27.1 Å². The molecule has 130 valence electrons. The second-order valence-electron chi connectivity index (χ2n) is 5.29. The maximum atomic E-state index is 12.8. The second-order valence-corrected chi connectivity index (χ2v) is 7.34. The van der Waals surface area contributed by atoms with Gasteiger partial charge in [0, 0.05) is 10.8 Å². The zero-order chi connectivity index (χ0) is 18.0. The van der Waals surface area contributed by atoms with Crippen LogP contribution in [0.3, 0.4) is 0 Å². The van der Waals surface area contributed by atoms with Gasteiger partial charge in [0.05, 0.1) is 17.3 Å². The quantitative estimate of drug-likeness (QED) is 0.646. The monoisotopic (exact) mass is 377 g/mol. The van der Waals surface area contributed by atoms with Crippen molar-refractivity contribution in [1.82, 2.24) is 0 Å². The van der Waals surface area contributed by atoms with Crippen molar-refractivity contribution in [3.8, 4) is 11.5 Å². The molecule has 0 aromatic heterocycles. The average Bonchev–Trinajstić information content (AvgIpc) is 2.60. The Hall–Kier alpha value is -2.44. The number of hydrogen-bond acceptors (Lipinski definition) is 4. The lowest BCUT2D eigenvalue weighted by atomic mass is 10.1. The zero-order valence-corrected chi connectivity index (χ0v) is 14.9. The first-order chi connectivity index (χ1) is 11.9. The molecule has 2 N–H and O–H groups in total. The van der Waals surface area contributed by atoms with Gasteiger partial charge in [-0.3, -0.25) is 4.72 Å². The van der Waals surface area contributed by atoms with Crippen LogP contribution in [0.2, 0.25) is 5.02 Å². The minimum Gasteiger partial charge on any atom is -0.506 e. The van der Waals surface area contributed by atoms with Gasteiger partial charge < -0.3 is 9.84 Å². The molecule has 0 bridgehead atoms. The number of sulfonamides is 1. The minimum absolute atomic E-state index is 0.0325. The van der Waals surface area contributed by atoms with Crippen molar-refractivity contribution in [2.75, 3.05) is 11.3 Å². The molecule has 0 radical (unpaired) electrons. The van der Waals surface area contributed by atoms with E-state index in [4.69, 9.17) is 16.3 Å². The van der Waals surface area contributed by atoms with Crippen LogP contribution in [0.1, 0.15) is 6.92 Å². The van der Waals surface area contributed by atoms with Crippen molar-refractivity contribution < 1.29 is 18.3 Å². The van der Waals surface area contributed by atoms with Crippen LogP contribution in [0, 0.1) is 0 Å². The summed E-state index contributed by atoms with van der Waals surface area (Å²) in [5.41, 5.74) is 0.282. The van der Waals surface area contributed by atoms with Gasteiger partial charge in [-0.05, 0) is 25.1 Å². The van der Waals surface area contributed by atoms with Gasteiger partial charge in [-0.25, -0.2) is 8.42 Å². The average molecular weight is 378 g/mol. The van der Waals surface area contributed by atoms with Crippen LogP contribution in [-0.2, 0) is 10.0 Å². The van der Waals surface area contributed by atoms with Crippen molar-refractivity contribution in [2.24, 2.45) is 0 Å². The van der Waals surface area contributed by atoms with Crippen molar-refractivity contribution >= 4 is 38.1 Å². The van der Waals surface area contributed by atoms with Crippen molar-refractivity contribution in [3.63, 3.8) is 0 Å². The van der Waals surface area contributed by atoms with E-state index in [2.05, 4.69) is 4.72 Å². The summed E-state index contributed by atoms with van der Waals surface area (Å²) < 4.78 is 33.6. The van der Waals surface area contributed by atoms with E-state index in [1.54, 1.807) is 49.4 Å². The number of para-hydroxylation sites is 1. The molecule has 0 atom stereocenters. The molecule has 25 heavy (non-hydrogen) atoms. The summed E-state index contributed by atoms with van der Waals surface area (Å²) in [6, 6.07) is 14.6. The number of aromatic hydroxyl groups is 1. The van der Waals surface area contributed by atoms with Crippen LogP contribution in [-0.4, -0.2) is 20.1 Å².